The molecule has 7 atom stereocenters. The first kappa shape index (κ1) is 21.8. The lowest BCUT2D eigenvalue weighted by molar-refractivity contribution is -0.178. The third-order valence-electron chi connectivity index (χ3n) is 8.45. The number of ketones is 2. The van der Waals surface area contributed by atoms with E-state index in [1.54, 1.807) is 19.1 Å². The molecule has 0 radical (unpaired) electrons. The number of Topliss-reactive ketones (excluding diaryl/α,β-unsaturated/α-hetero) is 1. The zero-order valence-corrected chi connectivity index (χ0v) is 17.9. The SMILES string of the molecule is CC12C=CC(=O)C=C1CCC1C2C(O)CC2(C)C1CCC2(O)C(=O)COS(=O)(=O)O. The summed E-state index contributed by atoms with van der Waals surface area (Å²) in [5.74, 6) is -0.984. The molecule has 3 N–H and O–H groups in total. The second-order valence-corrected chi connectivity index (χ2v) is 10.8. The molecular weight excluding hydrogens is 412 g/mol. The monoisotopic (exact) mass is 440 g/mol. The smallest absolute Gasteiger partial charge is 0.393 e. The van der Waals surface area contributed by atoms with Gasteiger partial charge in [0, 0.05) is 16.7 Å². The number of aliphatic hydroxyl groups excluding tert-OH is 1. The normalized spacial score (nSPS) is 45.4. The Bertz CT molecular complexity index is 952. The molecule has 9 heteroatoms. The highest BCUT2D eigenvalue weighted by atomic mass is 32.3. The third kappa shape index (κ3) is 3.05. The van der Waals surface area contributed by atoms with Crippen molar-refractivity contribution in [3.05, 3.63) is 23.8 Å². The van der Waals surface area contributed by atoms with E-state index in [1.165, 1.54) is 0 Å². The van der Waals surface area contributed by atoms with Crippen molar-refractivity contribution < 1.29 is 37.0 Å². The van der Waals surface area contributed by atoms with E-state index in [1.807, 2.05) is 13.0 Å². The van der Waals surface area contributed by atoms with Gasteiger partial charge in [0.15, 0.2) is 11.6 Å². The van der Waals surface area contributed by atoms with E-state index >= 15 is 0 Å². The van der Waals surface area contributed by atoms with Crippen LogP contribution < -0.4 is 0 Å². The van der Waals surface area contributed by atoms with Crippen LogP contribution in [0.25, 0.3) is 0 Å². The van der Waals surface area contributed by atoms with E-state index in [-0.39, 0.29) is 36.4 Å². The molecule has 3 fully saturated rings. The van der Waals surface area contributed by atoms with Gasteiger partial charge in [-0.25, -0.2) is 4.18 Å². The van der Waals surface area contributed by atoms with Gasteiger partial charge in [-0.05, 0) is 56.1 Å². The molecule has 30 heavy (non-hydrogen) atoms. The molecule has 0 amide bonds. The number of fused-ring (bicyclic) bond motifs is 5. The van der Waals surface area contributed by atoms with Crippen LogP contribution in [0.4, 0.5) is 0 Å². The van der Waals surface area contributed by atoms with Gasteiger partial charge in [-0.15, -0.1) is 0 Å². The number of carbonyl (C=O) groups is 2. The predicted octanol–water partition coefficient (Wildman–Crippen LogP) is 1.38. The summed E-state index contributed by atoms with van der Waals surface area (Å²) in [7, 11) is -4.80. The highest BCUT2D eigenvalue weighted by Crippen LogP contribution is 2.67. The van der Waals surface area contributed by atoms with E-state index in [2.05, 4.69) is 4.18 Å². The van der Waals surface area contributed by atoms with Crippen LogP contribution in [0.15, 0.2) is 23.8 Å². The average molecular weight is 441 g/mol. The number of allylic oxidation sites excluding steroid dienone is 4. The lowest BCUT2D eigenvalue weighted by atomic mass is 9.46. The highest BCUT2D eigenvalue weighted by Gasteiger charge is 2.68. The zero-order valence-electron chi connectivity index (χ0n) is 17.1. The van der Waals surface area contributed by atoms with Crippen LogP contribution >= 0.6 is 0 Å². The molecule has 0 aromatic heterocycles. The standard InChI is InChI=1S/C21H28O8S/c1-19-7-5-13(22)9-12(19)3-4-14-15-6-8-21(25,17(24)11-29-30(26,27)28)20(15,2)10-16(23)18(14)19/h5,7,9,14-16,18,23,25H,3-4,6,8,10-11H2,1-2H3,(H,26,27,28). The van der Waals surface area contributed by atoms with Crippen LogP contribution in [0.3, 0.4) is 0 Å². The van der Waals surface area contributed by atoms with E-state index in [0.29, 0.717) is 12.8 Å². The van der Waals surface area contributed by atoms with Crippen molar-refractivity contribution >= 4 is 22.0 Å². The van der Waals surface area contributed by atoms with Gasteiger partial charge in [-0.2, -0.15) is 8.42 Å². The molecular formula is C21H28O8S. The third-order valence-corrected chi connectivity index (χ3v) is 8.86. The van der Waals surface area contributed by atoms with Crippen molar-refractivity contribution in [3.63, 3.8) is 0 Å². The van der Waals surface area contributed by atoms with E-state index in [4.69, 9.17) is 4.55 Å². The van der Waals surface area contributed by atoms with Crippen LogP contribution in [0.1, 0.15) is 46.0 Å². The van der Waals surface area contributed by atoms with Crippen molar-refractivity contribution in [2.24, 2.45) is 28.6 Å². The molecule has 0 saturated heterocycles. The van der Waals surface area contributed by atoms with Crippen LogP contribution in [-0.4, -0.2) is 53.1 Å². The second kappa shape index (κ2) is 6.80. The Labute approximate surface area is 175 Å². The van der Waals surface area contributed by atoms with Crippen LogP contribution in [-0.2, 0) is 24.2 Å². The zero-order chi connectivity index (χ0) is 22.1. The summed E-state index contributed by atoms with van der Waals surface area (Å²) < 4.78 is 34.8. The second-order valence-electron chi connectivity index (χ2n) is 9.72. The summed E-state index contributed by atoms with van der Waals surface area (Å²) in [6.07, 6.45) is 6.65. The quantitative estimate of drug-likeness (QED) is 0.558. The number of carbonyl (C=O) groups excluding carboxylic acids is 2. The fourth-order valence-corrected chi connectivity index (χ4v) is 7.29. The Morgan fingerprint density at radius 1 is 1.30 bits per heavy atom. The lowest BCUT2D eigenvalue weighted by Crippen LogP contribution is -2.61. The molecule has 3 saturated carbocycles. The van der Waals surface area contributed by atoms with E-state index < -0.39 is 45.3 Å². The van der Waals surface area contributed by atoms with E-state index in [9.17, 15) is 28.2 Å². The predicted molar refractivity (Wildman–Crippen MR) is 105 cm³/mol. The summed E-state index contributed by atoms with van der Waals surface area (Å²) in [6, 6.07) is 0. The summed E-state index contributed by atoms with van der Waals surface area (Å²) >= 11 is 0. The minimum Gasteiger partial charge on any atom is -0.393 e. The molecule has 4 aliphatic carbocycles. The van der Waals surface area contributed by atoms with Gasteiger partial charge in [0.25, 0.3) is 0 Å². The van der Waals surface area contributed by atoms with Gasteiger partial charge in [0.1, 0.15) is 12.2 Å². The number of aliphatic hydroxyl groups is 2. The van der Waals surface area contributed by atoms with Crippen molar-refractivity contribution in [1.29, 1.82) is 0 Å². The molecule has 166 valence electrons. The molecule has 0 aromatic carbocycles. The van der Waals surface area contributed by atoms with Gasteiger partial charge >= 0.3 is 10.4 Å². The summed E-state index contributed by atoms with van der Waals surface area (Å²) in [5, 5.41) is 22.6. The number of rotatable bonds is 4. The first-order valence-corrected chi connectivity index (χ1v) is 11.7. The van der Waals surface area contributed by atoms with Gasteiger partial charge < -0.3 is 10.2 Å². The molecule has 0 aliphatic heterocycles. The highest BCUT2D eigenvalue weighted by molar-refractivity contribution is 7.80. The van der Waals surface area contributed by atoms with Crippen molar-refractivity contribution in [2.45, 2.75) is 57.7 Å². The lowest BCUT2D eigenvalue weighted by Gasteiger charge is -2.59. The van der Waals surface area contributed by atoms with Crippen molar-refractivity contribution in [3.8, 4) is 0 Å². The fraction of sp³-hybridized carbons (Fsp3) is 0.714. The molecule has 0 spiro atoms. The largest absolute Gasteiger partial charge is 0.397 e. The first-order valence-electron chi connectivity index (χ1n) is 10.3. The number of hydrogen-bond donors (Lipinski definition) is 3. The minimum atomic E-state index is -4.80. The van der Waals surface area contributed by atoms with Crippen molar-refractivity contribution in [2.75, 3.05) is 6.61 Å². The van der Waals surface area contributed by atoms with E-state index in [0.717, 1.165) is 12.0 Å². The van der Waals surface area contributed by atoms with Gasteiger partial charge in [0.2, 0.25) is 0 Å². The fourth-order valence-electron chi connectivity index (χ4n) is 7.04. The maximum Gasteiger partial charge on any atom is 0.397 e. The molecule has 0 bridgehead atoms. The number of hydrogen-bond acceptors (Lipinski definition) is 7. The molecule has 0 aromatic rings. The first-order chi connectivity index (χ1) is 13.8. The van der Waals surface area contributed by atoms with Crippen molar-refractivity contribution in [1.82, 2.24) is 0 Å². The van der Waals surface area contributed by atoms with Crippen LogP contribution in [0, 0.1) is 28.6 Å². The Balaban J connectivity index is 1.66. The maximum absolute atomic E-state index is 12.8. The summed E-state index contributed by atoms with van der Waals surface area (Å²) in [4.78, 5) is 24.6. The molecule has 4 rings (SSSR count). The molecule has 4 aliphatic rings. The Morgan fingerprint density at radius 3 is 2.67 bits per heavy atom. The molecule has 8 nitrogen and oxygen atoms in total. The minimum absolute atomic E-state index is 0.0445. The molecule has 0 heterocycles. The summed E-state index contributed by atoms with van der Waals surface area (Å²) in [6.45, 7) is 2.87. The molecule has 7 unspecified atom stereocenters. The topological polar surface area (TPSA) is 138 Å². The Kier molecular flexibility index (Phi) is 4.95. The summed E-state index contributed by atoms with van der Waals surface area (Å²) in [5.41, 5.74) is -2.22. The van der Waals surface area contributed by atoms with Gasteiger partial charge in [-0.1, -0.05) is 25.5 Å². The Hall–Kier alpha value is -1.39. The van der Waals surface area contributed by atoms with Gasteiger partial charge in [0.05, 0.1) is 6.10 Å². The maximum atomic E-state index is 12.8. The van der Waals surface area contributed by atoms with Crippen LogP contribution in [0.5, 0.6) is 0 Å². The Morgan fingerprint density at radius 2 is 2.00 bits per heavy atom. The van der Waals surface area contributed by atoms with Gasteiger partial charge in [-0.3, -0.25) is 14.1 Å². The average Bonchev–Trinajstić information content (AvgIpc) is 2.91. The van der Waals surface area contributed by atoms with Crippen LogP contribution in [0.2, 0.25) is 0 Å².